The molecule has 2 rings (SSSR count). The van der Waals surface area contributed by atoms with Crippen molar-refractivity contribution >= 4 is 16.6 Å². The first-order valence-electron chi connectivity index (χ1n) is 4.41. The van der Waals surface area contributed by atoms with Gasteiger partial charge in [0, 0.05) is 10.9 Å². The molecular weight excluding hydrogens is 176 g/mol. The zero-order chi connectivity index (χ0) is 10.1. The van der Waals surface area contributed by atoms with Crippen molar-refractivity contribution in [2.24, 2.45) is 0 Å². The maximum absolute atomic E-state index is 11.1. The molecule has 2 heteroatoms. The van der Waals surface area contributed by atoms with Crippen molar-refractivity contribution in [1.29, 1.82) is 0 Å². The first-order chi connectivity index (χ1) is 6.68. The molecule has 0 amide bonds. The lowest BCUT2D eigenvalue weighted by Crippen LogP contribution is -1.91. The number of rotatable bonds is 1. The molecule has 0 radical (unpaired) electrons. The van der Waals surface area contributed by atoms with E-state index >= 15 is 0 Å². The molecule has 0 saturated heterocycles. The summed E-state index contributed by atoms with van der Waals surface area (Å²) in [5.74, 6) is 0.124. The van der Waals surface area contributed by atoms with Gasteiger partial charge in [-0.05, 0) is 24.4 Å². The molecule has 0 bridgehead atoms. The highest BCUT2D eigenvalue weighted by Crippen LogP contribution is 2.26. The van der Waals surface area contributed by atoms with Crippen molar-refractivity contribution < 1.29 is 9.90 Å². The third kappa shape index (κ3) is 1.35. The fourth-order valence-corrected chi connectivity index (χ4v) is 1.49. The average Bonchev–Trinajstić information content (AvgIpc) is 2.17. The van der Waals surface area contributed by atoms with Gasteiger partial charge in [-0.1, -0.05) is 24.3 Å². The molecule has 2 aromatic rings. The Balaban J connectivity index is 2.78. The maximum atomic E-state index is 11.1. The number of aromatic hydroxyl groups is 1. The molecule has 14 heavy (non-hydrogen) atoms. The lowest BCUT2D eigenvalue weighted by atomic mass is 10.0. The fourth-order valence-electron chi connectivity index (χ4n) is 1.49. The maximum Gasteiger partial charge on any atom is 0.159 e. The van der Waals surface area contributed by atoms with Crippen LogP contribution in [0.25, 0.3) is 10.8 Å². The number of fused-ring (bicyclic) bond motifs is 1. The van der Waals surface area contributed by atoms with Gasteiger partial charge in [-0.3, -0.25) is 4.79 Å². The summed E-state index contributed by atoms with van der Waals surface area (Å²) in [6.07, 6.45) is 0. The minimum Gasteiger partial charge on any atom is -0.507 e. The monoisotopic (exact) mass is 186 g/mol. The Kier molecular flexibility index (Phi) is 1.97. The predicted molar refractivity (Wildman–Crippen MR) is 55.6 cm³/mol. The Morgan fingerprint density at radius 1 is 1.21 bits per heavy atom. The van der Waals surface area contributed by atoms with Crippen LogP contribution in [-0.4, -0.2) is 10.9 Å². The summed E-state index contributed by atoms with van der Waals surface area (Å²) in [6, 6.07) is 10.7. The van der Waals surface area contributed by atoms with Crippen molar-refractivity contribution in [3.63, 3.8) is 0 Å². The lowest BCUT2D eigenvalue weighted by molar-refractivity contribution is 0.101. The molecule has 0 spiro atoms. The van der Waals surface area contributed by atoms with Gasteiger partial charge in [0.05, 0.1) is 0 Å². The van der Waals surface area contributed by atoms with Crippen LogP contribution in [0.1, 0.15) is 17.3 Å². The number of carbonyl (C=O) groups is 1. The second kappa shape index (κ2) is 3.14. The van der Waals surface area contributed by atoms with E-state index in [0.717, 1.165) is 10.8 Å². The van der Waals surface area contributed by atoms with E-state index in [0.29, 0.717) is 5.56 Å². The predicted octanol–water partition coefficient (Wildman–Crippen LogP) is 2.75. The van der Waals surface area contributed by atoms with E-state index in [-0.39, 0.29) is 11.5 Å². The Hall–Kier alpha value is -1.83. The van der Waals surface area contributed by atoms with Crippen LogP contribution in [-0.2, 0) is 0 Å². The standard InChI is InChI=1S/C12H10O2/c1-8(13)10-6-9-4-2-3-5-11(9)12(14)7-10/h2-7,14H,1H3. The number of Topliss-reactive ketones (excluding diaryl/α,β-unsaturated/α-hetero) is 1. The third-order valence-corrected chi connectivity index (χ3v) is 2.25. The quantitative estimate of drug-likeness (QED) is 0.695. The number of phenols is 1. The zero-order valence-electron chi connectivity index (χ0n) is 7.82. The average molecular weight is 186 g/mol. The molecule has 2 aromatic carbocycles. The second-order valence-corrected chi connectivity index (χ2v) is 3.27. The molecule has 0 fully saturated rings. The van der Waals surface area contributed by atoms with Crippen LogP contribution in [0.4, 0.5) is 0 Å². The Labute approximate surface area is 81.8 Å². The van der Waals surface area contributed by atoms with Gasteiger partial charge < -0.3 is 5.11 Å². The Morgan fingerprint density at radius 2 is 1.93 bits per heavy atom. The highest BCUT2D eigenvalue weighted by Gasteiger charge is 2.04. The molecule has 70 valence electrons. The summed E-state index contributed by atoms with van der Waals surface area (Å²) in [5, 5.41) is 11.3. The molecule has 0 heterocycles. The van der Waals surface area contributed by atoms with E-state index in [9.17, 15) is 9.90 Å². The molecule has 0 atom stereocenters. The van der Waals surface area contributed by atoms with E-state index in [4.69, 9.17) is 0 Å². The SMILES string of the molecule is CC(=O)c1cc(O)c2ccccc2c1. The van der Waals surface area contributed by atoms with Crippen LogP contribution < -0.4 is 0 Å². The first-order valence-corrected chi connectivity index (χ1v) is 4.41. The summed E-state index contributed by atoms with van der Waals surface area (Å²) in [5.41, 5.74) is 0.543. The van der Waals surface area contributed by atoms with Crippen LogP contribution in [0.5, 0.6) is 5.75 Å². The zero-order valence-corrected chi connectivity index (χ0v) is 7.82. The van der Waals surface area contributed by atoms with Crippen LogP contribution in [0, 0.1) is 0 Å². The fraction of sp³-hybridized carbons (Fsp3) is 0.0833. The number of phenolic OH excluding ortho intramolecular Hbond substituents is 1. The molecule has 0 saturated carbocycles. The number of ketones is 1. The smallest absolute Gasteiger partial charge is 0.159 e. The normalized spacial score (nSPS) is 10.4. The van der Waals surface area contributed by atoms with E-state index < -0.39 is 0 Å². The van der Waals surface area contributed by atoms with Gasteiger partial charge in [0.1, 0.15) is 5.75 Å². The highest BCUT2D eigenvalue weighted by molar-refractivity contribution is 6.00. The minimum atomic E-state index is -0.0361. The third-order valence-electron chi connectivity index (χ3n) is 2.25. The van der Waals surface area contributed by atoms with Crippen molar-refractivity contribution in [2.75, 3.05) is 0 Å². The van der Waals surface area contributed by atoms with Gasteiger partial charge in [-0.25, -0.2) is 0 Å². The second-order valence-electron chi connectivity index (χ2n) is 3.27. The largest absolute Gasteiger partial charge is 0.507 e. The van der Waals surface area contributed by atoms with Crippen molar-refractivity contribution in [3.8, 4) is 5.75 Å². The lowest BCUT2D eigenvalue weighted by Gasteiger charge is -2.03. The molecule has 1 N–H and O–H groups in total. The summed E-state index contributed by atoms with van der Waals surface area (Å²) in [4.78, 5) is 11.1. The van der Waals surface area contributed by atoms with E-state index in [1.165, 1.54) is 13.0 Å². The van der Waals surface area contributed by atoms with Crippen molar-refractivity contribution in [2.45, 2.75) is 6.92 Å². The minimum absolute atomic E-state index is 0.0361. The van der Waals surface area contributed by atoms with Gasteiger partial charge >= 0.3 is 0 Å². The first kappa shape index (κ1) is 8.75. The van der Waals surface area contributed by atoms with E-state index in [1.807, 2.05) is 24.3 Å². The van der Waals surface area contributed by atoms with Crippen molar-refractivity contribution in [3.05, 3.63) is 42.0 Å². The molecule has 2 nitrogen and oxygen atoms in total. The molecular formula is C12H10O2. The molecule has 0 aliphatic heterocycles. The highest BCUT2D eigenvalue weighted by atomic mass is 16.3. The molecule has 0 aliphatic carbocycles. The summed E-state index contributed by atoms with van der Waals surface area (Å²) in [7, 11) is 0. The van der Waals surface area contributed by atoms with Gasteiger partial charge in [0.2, 0.25) is 0 Å². The van der Waals surface area contributed by atoms with Gasteiger partial charge in [0.15, 0.2) is 5.78 Å². The van der Waals surface area contributed by atoms with Gasteiger partial charge in [0.25, 0.3) is 0 Å². The number of carbonyl (C=O) groups excluding carboxylic acids is 1. The molecule has 0 unspecified atom stereocenters. The molecule has 0 aromatic heterocycles. The molecule has 0 aliphatic rings. The summed E-state index contributed by atoms with van der Waals surface area (Å²) < 4.78 is 0. The summed E-state index contributed by atoms with van der Waals surface area (Å²) in [6.45, 7) is 1.49. The van der Waals surface area contributed by atoms with Crippen LogP contribution in [0.2, 0.25) is 0 Å². The van der Waals surface area contributed by atoms with Crippen LogP contribution >= 0.6 is 0 Å². The summed E-state index contributed by atoms with van der Waals surface area (Å²) >= 11 is 0. The Bertz CT molecular complexity index is 501. The van der Waals surface area contributed by atoms with Gasteiger partial charge in [-0.2, -0.15) is 0 Å². The van der Waals surface area contributed by atoms with E-state index in [1.54, 1.807) is 6.07 Å². The topological polar surface area (TPSA) is 37.3 Å². The number of hydrogen-bond donors (Lipinski definition) is 1. The Morgan fingerprint density at radius 3 is 2.64 bits per heavy atom. The number of hydrogen-bond acceptors (Lipinski definition) is 2. The number of benzene rings is 2. The van der Waals surface area contributed by atoms with Crippen LogP contribution in [0.15, 0.2) is 36.4 Å². The van der Waals surface area contributed by atoms with Gasteiger partial charge in [-0.15, -0.1) is 0 Å². The van der Waals surface area contributed by atoms with Crippen LogP contribution in [0.3, 0.4) is 0 Å². The van der Waals surface area contributed by atoms with E-state index in [2.05, 4.69) is 0 Å². The van der Waals surface area contributed by atoms with Crippen molar-refractivity contribution in [1.82, 2.24) is 0 Å².